The summed E-state index contributed by atoms with van der Waals surface area (Å²) in [6.45, 7) is 19.0. The molecule has 23 nitrogen and oxygen atoms in total. The van der Waals surface area contributed by atoms with Crippen LogP contribution in [-0.2, 0) is 36.4 Å². The van der Waals surface area contributed by atoms with Crippen LogP contribution in [0.15, 0.2) is 218 Å². The maximum absolute atomic E-state index is 13.7. The lowest BCUT2D eigenvalue weighted by Gasteiger charge is -2.27. The van der Waals surface area contributed by atoms with Gasteiger partial charge in [0.1, 0.15) is 57.3 Å². The van der Waals surface area contributed by atoms with Crippen LogP contribution in [0.4, 0.5) is 16.3 Å². The van der Waals surface area contributed by atoms with Gasteiger partial charge in [0.2, 0.25) is 11.9 Å². The van der Waals surface area contributed by atoms with Crippen LogP contribution < -0.4 is 29.6 Å². The van der Waals surface area contributed by atoms with Gasteiger partial charge >= 0.3 is 0 Å². The van der Waals surface area contributed by atoms with Gasteiger partial charge in [-0.3, -0.25) is 9.13 Å². The van der Waals surface area contributed by atoms with Crippen molar-refractivity contribution in [3.8, 4) is 23.0 Å². The summed E-state index contributed by atoms with van der Waals surface area (Å²) in [4.78, 5) is 37.6. The fraction of sp³-hybridized carbons (Fsp3) is 0.392. The number of para-hydroxylation sites is 4. The van der Waals surface area contributed by atoms with Crippen molar-refractivity contribution in [3.05, 3.63) is 257 Å². The average Bonchev–Trinajstić information content (AvgIpc) is 1.60. The van der Waals surface area contributed by atoms with Crippen LogP contribution in [0.1, 0.15) is 211 Å². The number of hydrogen-bond acceptors (Lipinski definition) is 16. The highest BCUT2D eigenvalue weighted by Gasteiger charge is 2.33. The molecule has 7 aromatic heterocycles. The smallest absolute Gasteiger partial charge is 0.211 e. The minimum atomic E-state index is -1.10. The Morgan fingerprint density at radius 2 is 0.790 bits per heavy atom. The number of aliphatic hydroxyl groups is 3. The highest BCUT2D eigenvalue weighted by atomic mass is 35.5. The Bertz CT molecular complexity index is 5740. The molecule has 27 heteroatoms. The monoisotopic (exact) mass is 1740 g/mol. The zero-order valence-corrected chi connectivity index (χ0v) is 74.9. The number of nitrogens with one attached hydrogen (secondary N) is 4. The van der Waals surface area contributed by atoms with Gasteiger partial charge in [0, 0.05) is 114 Å². The standard InChI is InChI=1S/C21H31ClN2O2.C20H29ClN2O2.C19H27ClN2O2.C19H17N5O.C18H14FN5/c1-3-4-5-6-7-8-9-14-26-20-11-10-18(22)15-19(20)21(2,25)16-24-13-12-23-17-24;1-3-4-5-6-7-8-13-25-19-10-9-17(21)14-18(19)20(2,24)15-23-12-11-22-16-23;1-3-4-5-6-7-12-24-18-9-8-16(20)13-17(18)19(2,23)14-22-11-10-21-15-22;1-11-21-18(14-10-20-15-8-7-12(25-2)9-13(14)15)24-17-6-4-3-5-16(17)23-19(24)22-11;1-10-21-17(13-9-20-14-7-6-11(19)8-12(13)14)24-16-5-3-2-4-15(16)23-18(24)22-10/h10-13,15,17,25H,3-9,14,16H2,1-2H3;9-12,14,16,24H,3-8,13,15H2,1-2H3;8-11,13,15,23H,3-7,12,14H2,1-2H3;3-10,18,20H,1-2H3,(H,21,22,23);2-9,17,20H,1H3,(H,21,22,23). The molecule has 16 rings (SSSR count). The quantitative estimate of drug-likeness (QED) is 0.0180. The van der Waals surface area contributed by atoms with Crippen LogP contribution in [-0.4, -0.2) is 112 Å². The number of nitrogens with zero attached hydrogens (tertiary/aromatic N) is 12. The van der Waals surface area contributed by atoms with Gasteiger partial charge in [0.15, 0.2) is 12.3 Å². The van der Waals surface area contributed by atoms with Gasteiger partial charge in [-0.25, -0.2) is 39.3 Å². The number of aromatic nitrogens is 12. The SMILES string of the molecule is CC1=NC(c2c[nH]c3ccc(F)cc23)n2c(nc3ccccc32)N1.CCCCCCCCCOc1ccc(Cl)cc1C(C)(O)Cn1ccnc1.CCCCCCCCOc1ccc(Cl)cc1C(C)(O)Cn1ccnc1.CCCCCCCOc1ccc(Cl)cc1C(C)(O)Cn1ccnc1.COc1ccc2[nH]cc(C3N=C(C)Nc4nc5ccccc5n43)c2c1. The van der Waals surface area contributed by atoms with E-state index in [2.05, 4.69) is 76.5 Å². The first-order chi connectivity index (χ1) is 60.0. The van der Waals surface area contributed by atoms with Gasteiger partial charge in [-0.1, -0.05) is 176 Å². The number of ether oxygens (including phenoxy) is 4. The molecular formula is C97H118Cl3FN16O7. The van der Waals surface area contributed by atoms with Crippen molar-refractivity contribution >= 4 is 102 Å². The largest absolute Gasteiger partial charge is 0.497 e. The highest BCUT2D eigenvalue weighted by molar-refractivity contribution is 6.31. The number of rotatable bonds is 36. The summed E-state index contributed by atoms with van der Waals surface area (Å²) in [6, 6.07) is 43.1. The average molecular weight is 1750 g/mol. The molecule has 0 amide bonds. The van der Waals surface area contributed by atoms with E-state index in [1.54, 1.807) is 114 Å². The van der Waals surface area contributed by atoms with Gasteiger partial charge in [-0.2, -0.15) is 0 Å². The fourth-order valence-electron chi connectivity index (χ4n) is 15.6. The predicted molar refractivity (Wildman–Crippen MR) is 499 cm³/mol. The second-order valence-electron chi connectivity index (χ2n) is 32.4. The second-order valence-corrected chi connectivity index (χ2v) is 33.7. The first-order valence-corrected chi connectivity index (χ1v) is 44.5. The normalized spacial score (nSPS) is 14.8. The third kappa shape index (κ3) is 24.7. The summed E-state index contributed by atoms with van der Waals surface area (Å²) in [5, 5.41) is 43.1. The van der Waals surface area contributed by atoms with Crippen molar-refractivity contribution in [2.24, 2.45) is 9.98 Å². The molecule has 7 aromatic carbocycles. The van der Waals surface area contributed by atoms with E-state index in [-0.39, 0.29) is 18.1 Å². The number of hydrogen-bond donors (Lipinski definition) is 7. The molecule has 656 valence electrons. The van der Waals surface area contributed by atoms with Crippen molar-refractivity contribution in [2.75, 3.05) is 37.6 Å². The Morgan fingerprint density at radius 1 is 0.435 bits per heavy atom. The van der Waals surface area contributed by atoms with Gasteiger partial charge in [0.25, 0.3) is 0 Å². The van der Waals surface area contributed by atoms with Crippen molar-refractivity contribution in [1.29, 1.82) is 0 Å². The number of aromatic amines is 2. The van der Waals surface area contributed by atoms with Gasteiger partial charge in [-0.15, -0.1) is 0 Å². The minimum absolute atomic E-state index is 0.176. The second kappa shape index (κ2) is 44.6. The van der Waals surface area contributed by atoms with Gasteiger partial charge in [0.05, 0.1) is 87.6 Å². The molecule has 9 heterocycles. The molecule has 124 heavy (non-hydrogen) atoms. The number of anilines is 2. The number of imidazole rings is 5. The molecule has 5 unspecified atom stereocenters. The number of aliphatic imine (C=N–C) groups is 2. The molecule has 7 N–H and O–H groups in total. The Kier molecular flexibility index (Phi) is 33.1. The lowest BCUT2D eigenvalue weighted by Crippen LogP contribution is -2.28. The number of unbranched alkanes of at least 4 members (excludes halogenated alkanes) is 15. The lowest BCUT2D eigenvalue weighted by atomic mass is 9.95. The third-order valence-corrected chi connectivity index (χ3v) is 22.7. The van der Waals surface area contributed by atoms with Crippen LogP contribution in [0.25, 0.3) is 43.9 Å². The van der Waals surface area contributed by atoms with Crippen molar-refractivity contribution in [3.63, 3.8) is 0 Å². The lowest BCUT2D eigenvalue weighted by molar-refractivity contribution is 0.0346. The van der Waals surface area contributed by atoms with Crippen molar-refractivity contribution < 1.29 is 38.7 Å². The molecule has 5 atom stereocenters. The molecular weight excluding hydrogens is 1630 g/mol. The maximum Gasteiger partial charge on any atom is 0.211 e. The van der Waals surface area contributed by atoms with Gasteiger partial charge in [-0.05, 0) is 169 Å². The zero-order valence-electron chi connectivity index (χ0n) is 72.6. The molecule has 0 saturated carbocycles. The molecule has 0 aliphatic carbocycles. The van der Waals surface area contributed by atoms with E-state index >= 15 is 0 Å². The predicted octanol–water partition coefficient (Wildman–Crippen LogP) is 23.5. The molecule has 2 aliphatic rings. The molecule has 14 aromatic rings. The summed E-state index contributed by atoms with van der Waals surface area (Å²) < 4.78 is 46.8. The fourth-order valence-corrected chi connectivity index (χ4v) is 16.2. The van der Waals surface area contributed by atoms with E-state index < -0.39 is 16.8 Å². The van der Waals surface area contributed by atoms with E-state index in [0.717, 1.165) is 104 Å². The van der Waals surface area contributed by atoms with E-state index in [4.69, 9.17) is 68.7 Å². The zero-order chi connectivity index (χ0) is 87.6. The Labute approximate surface area is 741 Å². The van der Waals surface area contributed by atoms with Crippen LogP contribution in [0.3, 0.4) is 0 Å². The first-order valence-electron chi connectivity index (χ1n) is 43.3. The van der Waals surface area contributed by atoms with E-state index in [0.29, 0.717) is 88.5 Å². The number of H-pyrrole nitrogens is 2. The molecule has 0 bridgehead atoms. The summed E-state index contributed by atoms with van der Waals surface area (Å²) in [7, 11) is 1.68. The molecule has 0 spiro atoms. The van der Waals surface area contributed by atoms with E-state index in [1.165, 1.54) is 102 Å². The van der Waals surface area contributed by atoms with E-state index in [1.807, 2.05) is 137 Å². The summed E-state index contributed by atoms with van der Waals surface area (Å²) in [5.74, 6) is 5.87. The molecule has 0 fully saturated rings. The van der Waals surface area contributed by atoms with Gasteiger partial charge < -0.3 is 68.6 Å². The van der Waals surface area contributed by atoms with Crippen LogP contribution in [0, 0.1) is 5.82 Å². The number of methoxy groups -OCH3 is 1. The summed E-state index contributed by atoms with van der Waals surface area (Å²) >= 11 is 18.5. The Hall–Kier alpha value is -11.0. The Morgan fingerprint density at radius 3 is 1.15 bits per heavy atom. The number of benzene rings is 7. The van der Waals surface area contributed by atoms with Crippen molar-refractivity contribution in [1.82, 2.24) is 57.7 Å². The van der Waals surface area contributed by atoms with Crippen LogP contribution in [0.2, 0.25) is 15.1 Å². The number of amidine groups is 2. The Balaban J connectivity index is 0.000000141. The summed E-state index contributed by atoms with van der Waals surface area (Å²) in [6.07, 6.45) is 41.1. The maximum atomic E-state index is 13.7. The molecule has 2 aliphatic heterocycles. The highest BCUT2D eigenvalue weighted by Crippen LogP contribution is 2.42. The minimum Gasteiger partial charge on any atom is -0.497 e. The third-order valence-electron chi connectivity index (χ3n) is 22.0. The van der Waals surface area contributed by atoms with Crippen LogP contribution >= 0.6 is 34.8 Å². The summed E-state index contributed by atoms with van der Waals surface area (Å²) in [5.41, 5.74) is 6.73. The van der Waals surface area contributed by atoms with Crippen molar-refractivity contribution in [2.45, 2.75) is 220 Å². The number of fused-ring (bicyclic) bond motifs is 8. The molecule has 0 saturated heterocycles. The topological polar surface area (TPSA) is 267 Å². The first kappa shape index (κ1) is 92.2. The van der Waals surface area contributed by atoms with Crippen LogP contribution in [0.5, 0.6) is 23.0 Å². The van der Waals surface area contributed by atoms with E-state index in [9.17, 15) is 19.7 Å². The number of halogens is 4. The molecule has 0 radical (unpaired) electrons.